The third-order valence-electron chi connectivity index (χ3n) is 3.36. The normalized spacial score (nSPS) is 21.8. The summed E-state index contributed by atoms with van der Waals surface area (Å²) in [6.07, 6.45) is 2.32. The highest BCUT2D eigenvalue weighted by molar-refractivity contribution is 5.09. The Bertz CT molecular complexity index is 348. The molecule has 0 radical (unpaired) electrons. The third-order valence-corrected chi connectivity index (χ3v) is 3.36. The lowest BCUT2D eigenvalue weighted by molar-refractivity contribution is 0.151. The van der Waals surface area contributed by atoms with E-state index in [0.717, 1.165) is 31.7 Å². The quantitative estimate of drug-likeness (QED) is 0.833. The first kappa shape index (κ1) is 11.6. The van der Waals surface area contributed by atoms with Gasteiger partial charge in [0.25, 0.3) is 0 Å². The van der Waals surface area contributed by atoms with Crippen molar-refractivity contribution in [3.8, 4) is 0 Å². The van der Waals surface area contributed by atoms with E-state index in [1.54, 1.807) is 0 Å². The van der Waals surface area contributed by atoms with Crippen molar-refractivity contribution in [1.82, 2.24) is 14.7 Å². The number of aliphatic hydroxyl groups excluding tert-OH is 1. The van der Waals surface area contributed by atoms with Crippen LogP contribution in [0.3, 0.4) is 0 Å². The zero-order valence-corrected chi connectivity index (χ0v) is 10.2. The molecule has 0 spiro atoms. The lowest BCUT2D eigenvalue weighted by Crippen LogP contribution is -2.32. The monoisotopic (exact) mass is 223 g/mol. The van der Waals surface area contributed by atoms with E-state index in [9.17, 15) is 5.11 Å². The maximum Gasteiger partial charge on any atom is 0.0597 e. The van der Waals surface area contributed by atoms with Crippen LogP contribution in [0.15, 0.2) is 6.07 Å². The summed E-state index contributed by atoms with van der Waals surface area (Å²) in [5, 5.41) is 13.7. The molecule has 2 heterocycles. The van der Waals surface area contributed by atoms with Crippen molar-refractivity contribution < 1.29 is 5.11 Å². The summed E-state index contributed by atoms with van der Waals surface area (Å²) >= 11 is 0. The molecule has 1 aliphatic heterocycles. The number of rotatable bonds is 4. The highest BCUT2D eigenvalue weighted by Gasteiger charge is 2.24. The van der Waals surface area contributed by atoms with Gasteiger partial charge < -0.3 is 5.11 Å². The van der Waals surface area contributed by atoms with Gasteiger partial charge in [-0.1, -0.05) is 0 Å². The summed E-state index contributed by atoms with van der Waals surface area (Å²) in [6, 6.07) is 2.50. The van der Waals surface area contributed by atoms with Gasteiger partial charge in [0.1, 0.15) is 0 Å². The first-order chi connectivity index (χ1) is 7.74. The second-order valence-electron chi connectivity index (χ2n) is 4.54. The number of hydrogen-bond donors (Lipinski definition) is 1. The molecular formula is C12H21N3O. The van der Waals surface area contributed by atoms with Gasteiger partial charge in [-0.15, -0.1) is 0 Å². The fourth-order valence-electron chi connectivity index (χ4n) is 2.52. The summed E-state index contributed by atoms with van der Waals surface area (Å²) in [6.45, 7) is 7.35. The Morgan fingerprint density at radius 2 is 2.38 bits per heavy atom. The van der Waals surface area contributed by atoms with Crippen LogP contribution in [0.5, 0.6) is 0 Å². The van der Waals surface area contributed by atoms with Crippen LogP contribution in [-0.2, 0) is 13.1 Å². The van der Waals surface area contributed by atoms with E-state index < -0.39 is 0 Å². The molecule has 1 atom stereocenters. The molecule has 0 saturated carbocycles. The fraction of sp³-hybridized carbons (Fsp3) is 0.750. The van der Waals surface area contributed by atoms with Gasteiger partial charge in [0, 0.05) is 19.1 Å². The Balaban J connectivity index is 2.07. The number of nitrogens with zero attached hydrogens (tertiary/aromatic N) is 3. The van der Waals surface area contributed by atoms with E-state index in [-0.39, 0.29) is 6.61 Å². The zero-order valence-electron chi connectivity index (χ0n) is 10.2. The number of hydrogen-bond acceptors (Lipinski definition) is 3. The van der Waals surface area contributed by atoms with Crippen molar-refractivity contribution in [2.75, 3.05) is 13.2 Å². The molecule has 0 aromatic carbocycles. The van der Waals surface area contributed by atoms with E-state index in [4.69, 9.17) is 0 Å². The van der Waals surface area contributed by atoms with E-state index in [1.165, 1.54) is 12.1 Å². The summed E-state index contributed by atoms with van der Waals surface area (Å²) in [4.78, 5) is 2.36. The molecule has 0 bridgehead atoms. The first-order valence-corrected chi connectivity index (χ1v) is 6.12. The fourth-order valence-corrected chi connectivity index (χ4v) is 2.52. The Labute approximate surface area is 96.9 Å². The Morgan fingerprint density at radius 3 is 3.06 bits per heavy atom. The van der Waals surface area contributed by atoms with Crippen LogP contribution in [0.25, 0.3) is 0 Å². The molecule has 90 valence electrons. The lowest BCUT2D eigenvalue weighted by Gasteiger charge is -2.22. The SMILES string of the molecule is CCn1nc(C)cc1CN1CCC[C@@H]1CO. The Hall–Kier alpha value is -0.870. The van der Waals surface area contributed by atoms with Crippen LogP contribution in [0.2, 0.25) is 0 Å². The topological polar surface area (TPSA) is 41.3 Å². The van der Waals surface area contributed by atoms with Crippen LogP contribution >= 0.6 is 0 Å². The predicted molar refractivity (Wildman–Crippen MR) is 63.2 cm³/mol. The van der Waals surface area contributed by atoms with Crippen LogP contribution in [0.1, 0.15) is 31.2 Å². The van der Waals surface area contributed by atoms with Crippen molar-refractivity contribution in [3.05, 3.63) is 17.5 Å². The van der Waals surface area contributed by atoms with E-state index in [2.05, 4.69) is 27.7 Å². The van der Waals surface area contributed by atoms with Gasteiger partial charge in [-0.3, -0.25) is 9.58 Å². The second kappa shape index (κ2) is 4.97. The van der Waals surface area contributed by atoms with Gasteiger partial charge in [0.15, 0.2) is 0 Å². The average Bonchev–Trinajstić information content (AvgIpc) is 2.85. The van der Waals surface area contributed by atoms with Crippen LogP contribution in [0.4, 0.5) is 0 Å². The van der Waals surface area contributed by atoms with Gasteiger partial charge >= 0.3 is 0 Å². The smallest absolute Gasteiger partial charge is 0.0597 e. The molecule has 16 heavy (non-hydrogen) atoms. The zero-order chi connectivity index (χ0) is 11.5. The van der Waals surface area contributed by atoms with E-state index in [0.29, 0.717) is 6.04 Å². The number of aryl methyl sites for hydroxylation is 2. The van der Waals surface area contributed by atoms with Crippen molar-refractivity contribution in [1.29, 1.82) is 0 Å². The number of aromatic nitrogens is 2. The first-order valence-electron chi connectivity index (χ1n) is 6.12. The van der Waals surface area contributed by atoms with Crippen molar-refractivity contribution in [2.24, 2.45) is 0 Å². The molecular weight excluding hydrogens is 202 g/mol. The molecule has 4 nitrogen and oxygen atoms in total. The molecule has 1 saturated heterocycles. The van der Waals surface area contributed by atoms with Crippen molar-refractivity contribution >= 4 is 0 Å². The maximum absolute atomic E-state index is 9.28. The minimum atomic E-state index is 0.277. The standard InChI is InChI=1S/C12H21N3O/c1-3-15-12(7-10(2)13-15)8-14-6-4-5-11(14)9-16/h7,11,16H,3-6,8-9H2,1-2H3/t11-/m1/s1. The van der Waals surface area contributed by atoms with Crippen LogP contribution in [0, 0.1) is 6.92 Å². The van der Waals surface area contributed by atoms with E-state index in [1.807, 2.05) is 6.92 Å². The van der Waals surface area contributed by atoms with Gasteiger partial charge in [-0.2, -0.15) is 5.10 Å². The molecule has 0 amide bonds. The van der Waals surface area contributed by atoms with E-state index >= 15 is 0 Å². The largest absolute Gasteiger partial charge is 0.395 e. The molecule has 1 fully saturated rings. The minimum Gasteiger partial charge on any atom is -0.395 e. The molecule has 1 aromatic rings. The van der Waals surface area contributed by atoms with Gasteiger partial charge in [0.05, 0.1) is 18.0 Å². The maximum atomic E-state index is 9.28. The minimum absolute atomic E-state index is 0.277. The third kappa shape index (κ3) is 2.28. The summed E-state index contributed by atoms with van der Waals surface area (Å²) in [5.41, 5.74) is 2.34. The summed E-state index contributed by atoms with van der Waals surface area (Å²) in [7, 11) is 0. The lowest BCUT2D eigenvalue weighted by atomic mass is 10.2. The van der Waals surface area contributed by atoms with Crippen LogP contribution < -0.4 is 0 Å². The molecule has 2 rings (SSSR count). The molecule has 1 aliphatic rings. The van der Waals surface area contributed by atoms with Gasteiger partial charge in [0.2, 0.25) is 0 Å². The van der Waals surface area contributed by atoms with Crippen molar-refractivity contribution in [2.45, 2.75) is 45.8 Å². The Morgan fingerprint density at radius 1 is 1.56 bits per heavy atom. The van der Waals surface area contributed by atoms with Crippen molar-refractivity contribution in [3.63, 3.8) is 0 Å². The molecule has 4 heteroatoms. The second-order valence-corrected chi connectivity index (χ2v) is 4.54. The Kier molecular flexibility index (Phi) is 3.61. The molecule has 1 aromatic heterocycles. The predicted octanol–water partition coefficient (Wildman–Crippen LogP) is 1.17. The molecule has 1 N–H and O–H groups in total. The summed E-state index contributed by atoms with van der Waals surface area (Å²) < 4.78 is 2.06. The van der Waals surface area contributed by atoms with Gasteiger partial charge in [-0.25, -0.2) is 0 Å². The average molecular weight is 223 g/mol. The molecule has 0 aliphatic carbocycles. The highest BCUT2D eigenvalue weighted by atomic mass is 16.3. The van der Waals surface area contributed by atoms with Crippen LogP contribution in [-0.4, -0.2) is 39.0 Å². The molecule has 0 unspecified atom stereocenters. The summed E-state index contributed by atoms with van der Waals surface area (Å²) in [5.74, 6) is 0. The number of aliphatic hydroxyl groups is 1. The highest BCUT2D eigenvalue weighted by Crippen LogP contribution is 2.19. The van der Waals surface area contributed by atoms with Gasteiger partial charge in [-0.05, 0) is 39.3 Å². The number of likely N-dealkylation sites (tertiary alicyclic amines) is 1.